The zero-order valence-corrected chi connectivity index (χ0v) is 17.1. The minimum absolute atomic E-state index is 0.0335. The Bertz CT molecular complexity index is 1260. The van der Waals surface area contributed by atoms with Crippen LogP contribution in [0.15, 0.2) is 47.3 Å². The van der Waals surface area contributed by atoms with Crippen molar-refractivity contribution in [1.29, 1.82) is 0 Å². The molecule has 4 aromatic rings. The van der Waals surface area contributed by atoms with Crippen molar-refractivity contribution in [3.8, 4) is 0 Å². The molecule has 2 aromatic carbocycles. The third kappa shape index (κ3) is 3.23. The van der Waals surface area contributed by atoms with Crippen LogP contribution >= 0.6 is 0 Å². The minimum atomic E-state index is -0.0335. The molecule has 1 aliphatic carbocycles. The third-order valence-electron chi connectivity index (χ3n) is 5.86. The molecule has 0 atom stereocenters. The molecule has 0 spiro atoms. The van der Waals surface area contributed by atoms with E-state index in [1.54, 1.807) is 11.6 Å². The predicted octanol–water partition coefficient (Wildman–Crippen LogP) is 3.36. The van der Waals surface area contributed by atoms with Crippen molar-refractivity contribution in [3.63, 3.8) is 0 Å². The van der Waals surface area contributed by atoms with Gasteiger partial charge < -0.3 is 0 Å². The fourth-order valence-electron chi connectivity index (χ4n) is 4.02. The lowest BCUT2D eigenvalue weighted by atomic mass is 10.1. The maximum atomic E-state index is 12.8. The van der Waals surface area contributed by atoms with E-state index in [1.807, 2.05) is 29.5 Å². The van der Waals surface area contributed by atoms with Gasteiger partial charge in [0.15, 0.2) is 5.82 Å². The van der Waals surface area contributed by atoms with Crippen molar-refractivity contribution in [3.05, 3.63) is 75.3 Å². The number of hydrogen-bond donors (Lipinski definition) is 0. The molecule has 2 aromatic heterocycles. The average molecular weight is 387 g/mol. The predicted molar refractivity (Wildman–Crippen MR) is 114 cm³/mol. The van der Waals surface area contributed by atoms with Crippen molar-refractivity contribution < 1.29 is 0 Å². The summed E-state index contributed by atoms with van der Waals surface area (Å²) in [5.74, 6) is 1.47. The number of aryl methyl sites for hydroxylation is 3. The van der Waals surface area contributed by atoms with Crippen LogP contribution in [0.2, 0.25) is 0 Å². The van der Waals surface area contributed by atoms with Crippen LogP contribution in [0.3, 0.4) is 0 Å². The Morgan fingerprint density at radius 2 is 1.72 bits per heavy atom. The molecule has 0 unspecified atom stereocenters. The lowest BCUT2D eigenvalue weighted by Crippen LogP contribution is -2.27. The largest absolute Gasteiger partial charge is 0.289 e. The summed E-state index contributed by atoms with van der Waals surface area (Å²) in [4.78, 5) is 15.3. The van der Waals surface area contributed by atoms with Gasteiger partial charge in [0.25, 0.3) is 5.56 Å². The summed E-state index contributed by atoms with van der Waals surface area (Å²) < 4.78 is 3.64. The standard InChI is InChI=1S/C23H25N5O/c1-15-4-7-17(8-5-15)13-27(18-9-10-18)14-21-24-25-23-26(3)22(29)19-12-16(2)6-11-20(19)28(21)23/h4-8,11-12,18H,9-10,13-14H2,1-3H3. The Hall–Kier alpha value is -2.99. The van der Waals surface area contributed by atoms with Crippen LogP contribution in [0.5, 0.6) is 0 Å². The van der Waals surface area contributed by atoms with E-state index in [2.05, 4.69) is 46.3 Å². The zero-order valence-electron chi connectivity index (χ0n) is 17.1. The van der Waals surface area contributed by atoms with Crippen LogP contribution in [-0.2, 0) is 20.1 Å². The van der Waals surface area contributed by atoms with Gasteiger partial charge in [-0.15, -0.1) is 10.2 Å². The summed E-state index contributed by atoms with van der Waals surface area (Å²) in [5, 5.41) is 9.55. The van der Waals surface area contributed by atoms with Crippen LogP contribution in [-0.4, -0.2) is 30.1 Å². The Morgan fingerprint density at radius 3 is 2.45 bits per heavy atom. The number of hydrogen-bond acceptors (Lipinski definition) is 4. The van der Waals surface area contributed by atoms with E-state index >= 15 is 0 Å². The van der Waals surface area contributed by atoms with E-state index in [0.717, 1.165) is 23.4 Å². The molecule has 0 saturated heterocycles. The lowest BCUT2D eigenvalue weighted by molar-refractivity contribution is 0.239. The van der Waals surface area contributed by atoms with Crippen LogP contribution in [0.4, 0.5) is 0 Å². The second kappa shape index (κ2) is 6.81. The SMILES string of the molecule is Cc1ccc(CN(Cc2nnc3n(C)c(=O)c4cc(C)ccc4n23)C2CC2)cc1. The van der Waals surface area contributed by atoms with Crippen LogP contribution in [0.25, 0.3) is 16.7 Å². The first-order chi connectivity index (χ1) is 14.0. The Balaban J connectivity index is 1.58. The molecule has 1 fully saturated rings. The number of nitrogens with zero attached hydrogens (tertiary/aromatic N) is 5. The molecule has 1 saturated carbocycles. The Morgan fingerprint density at radius 1 is 1.00 bits per heavy atom. The highest BCUT2D eigenvalue weighted by Crippen LogP contribution is 2.30. The first-order valence-corrected chi connectivity index (χ1v) is 10.1. The smallest absolute Gasteiger partial charge is 0.262 e. The van der Waals surface area contributed by atoms with Gasteiger partial charge in [0.05, 0.1) is 17.4 Å². The zero-order chi connectivity index (χ0) is 20.1. The molecule has 29 heavy (non-hydrogen) atoms. The molecule has 6 heteroatoms. The average Bonchev–Trinajstić information content (AvgIpc) is 3.48. The van der Waals surface area contributed by atoms with Crippen molar-refractivity contribution in [2.45, 2.75) is 45.8 Å². The highest BCUT2D eigenvalue weighted by Gasteiger charge is 2.30. The van der Waals surface area contributed by atoms with E-state index in [0.29, 0.717) is 23.8 Å². The molecule has 148 valence electrons. The second-order valence-corrected chi connectivity index (χ2v) is 8.26. The summed E-state index contributed by atoms with van der Waals surface area (Å²) in [6, 6.07) is 15.3. The summed E-state index contributed by atoms with van der Waals surface area (Å²) in [6.45, 7) is 5.72. The van der Waals surface area contributed by atoms with E-state index in [-0.39, 0.29) is 5.56 Å². The molecular formula is C23H25N5O. The van der Waals surface area contributed by atoms with Crippen LogP contribution in [0.1, 0.15) is 35.4 Å². The lowest BCUT2D eigenvalue weighted by Gasteiger charge is -2.21. The highest BCUT2D eigenvalue weighted by molar-refractivity contribution is 5.81. The summed E-state index contributed by atoms with van der Waals surface area (Å²) in [6.07, 6.45) is 2.45. The molecule has 0 N–H and O–H groups in total. The van der Waals surface area contributed by atoms with Gasteiger partial charge in [-0.3, -0.25) is 18.7 Å². The van der Waals surface area contributed by atoms with Gasteiger partial charge in [0, 0.05) is 19.6 Å². The first kappa shape index (κ1) is 18.1. The topological polar surface area (TPSA) is 55.4 Å². The molecule has 0 bridgehead atoms. The van der Waals surface area contributed by atoms with Gasteiger partial charge in [-0.1, -0.05) is 41.5 Å². The van der Waals surface area contributed by atoms with Gasteiger partial charge in [0.1, 0.15) is 0 Å². The maximum absolute atomic E-state index is 12.8. The highest BCUT2D eigenvalue weighted by atomic mass is 16.1. The number of aromatic nitrogens is 4. The van der Waals surface area contributed by atoms with Gasteiger partial charge in [-0.25, -0.2) is 0 Å². The van der Waals surface area contributed by atoms with Crippen molar-refractivity contribution in [2.75, 3.05) is 0 Å². The normalized spacial score (nSPS) is 14.3. The van der Waals surface area contributed by atoms with Crippen LogP contribution < -0.4 is 5.56 Å². The van der Waals surface area contributed by atoms with E-state index in [9.17, 15) is 4.79 Å². The quantitative estimate of drug-likeness (QED) is 0.527. The molecule has 6 nitrogen and oxygen atoms in total. The molecule has 1 aliphatic rings. The molecule has 0 radical (unpaired) electrons. The van der Waals surface area contributed by atoms with Crippen molar-refractivity contribution >= 4 is 16.7 Å². The fraction of sp³-hybridized carbons (Fsp3) is 0.348. The summed E-state index contributed by atoms with van der Waals surface area (Å²) in [5.41, 5.74) is 4.50. The molecule has 0 aliphatic heterocycles. The minimum Gasteiger partial charge on any atom is -0.289 e. The molecular weight excluding hydrogens is 362 g/mol. The van der Waals surface area contributed by atoms with Gasteiger partial charge in [-0.05, 0) is 44.4 Å². The van der Waals surface area contributed by atoms with Crippen molar-refractivity contribution in [1.82, 2.24) is 24.1 Å². The van der Waals surface area contributed by atoms with Gasteiger partial charge in [-0.2, -0.15) is 0 Å². The van der Waals surface area contributed by atoms with Gasteiger partial charge >= 0.3 is 0 Å². The number of fused-ring (bicyclic) bond motifs is 3. The Labute approximate surface area is 169 Å². The summed E-state index contributed by atoms with van der Waals surface area (Å²) >= 11 is 0. The molecule has 5 rings (SSSR count). The van der Waals surface area contributed by atoms with Gasteiger partial charge in [0.2, 0.25) is 5.78 Å². The monoisotopic (exact) mass is 387 g/mol. The Kier molecular flexibility index (Phi) is 4.24. The van der Waals surface area contributed by atoms with Crippen molar-refractivity contribution in [2.24, 2.45) is 7.05 Å². The molecule has 0 amide bonds. The number of benzene rings is 2. The van der Waals surface area contributed by atoms with E-state index < -0.39 is 0 Å². The number of rotatable bonds is 5. The first-order valence-electron chi connectivity index (χ1n) is 10.1. The van der Waals surface area contributed by atoms with E-state index in [4.69, 9.17) is 0 Å². The maximum Gasteiger partial charge on any atom is 0.262 e. The van der Waals surface area contributed by atoms with Crippen LogP contribution in [0, 0.1) is 13.8 Å². The summed E-state index contributed by atoms with van der Waals surface area (Å²) in [7, 11) is 1.77. The second-order valence-electron chi connectivity index (χ2n) is 8.26. The third-order valence-corrected chi connectivity index (χ3v) is 5.86. The van der Waals surface area contributed by atoms with E-state index in [1.165, 1.54) is 24.0 Å². The fourth-order valence-corrected chi connectivity index (χ4v) is 4.02. The molecule has 2 heterocycles.